The fourth-order valence-electron chi connectivity index (χ4n) is 2.47. The largest absolute Gasteiger partial charge is 0.296 e. The van der Waals surface area contributed by atoms with Crippen LogP contribution in [0, 0.1) is 17.3 Å². The fraction of sp³-hybridized carbons (Fsp3) is 0.750. The molecule has 4 unspecified atom stereocenters. The molecule has 1 aliphatic carbocycles. The van der Waals surface area contributed by atoms with Crippen LogP contribution in [0.1, 0.15) is 13.8 Å². The summed E-state index contributed by atoms with van der Waals surface area (Å²) in [5, 5.41) is 2.05. The van der Waals surface area contributed by atoms with E-state index in [-0.39, 0.29) is 29.0 Å². The maximum atomic E-state index is 11.4. The Kier molecular flexibility index (Phi) is 1.35. The molecule has 1 saturated carbocycles. The molecule has 3 nitrogen and oxygen atoms in total. The first-order valence-corrected chi connectivity index (χ1v) is 4.46. The number of rotatable bonds is 1. The van der Waals surface area contributed by atoms with Gasteiger partial charge in [0, 0.05) is 5.38 Å². The van der Waals surface area contributed by atoms with Gasteiger partial charge in [0.1, 0.15) is 0 Å². The van der Waals surface area contributed by atoms with Gasteiger partial charge in [0.15, 0.2) is 0 Å². The van der Waals surface area contributed by atoms with Crippen molar-refractivity contribution in [3.63, 3.8) is 0 Å². The maximum absolute atomic E-state index is 11.4. The van der Waals surface area contributed by atoms with Crippen LogP contribution >= 0.6 is 11.6 Å². The summed E-state index contributed by atoms with van der Waals surface area (Å²) in [5.41, 5.74) is -0.585. The topological polar surface area (TPSA) is 46.2 Å². The monoisotopic (exact) mass is 187 g/mol. The number of imide groups is 1. The third kappa shape index (κ3) is 0.600. The zero-order valence-corrected chi connectivity index (χ0v) is 7.68. The molecular weight excluding hydrogens is 178 g/mol. The molecule has 12 heavy (non-hydrogen) atoms. The third-order valence-electron chi connectivity index (χ3n) is 3.23. The van der Waals surface area contributed by atoms with Gasteiger partial charge in [0.2, 0.25) is 11.8 Å². The van der Waals surface area contributed by atoms with Crippen molar-refractivity contribution >= 4 is 23.4 Å². The van der Waals surface area contributed by atoms with Crippen LogP contribution in [0.4, 0.5) is 0 Å². The minimum Gasteiger partial charge on any atom is -0.296 e. The van der Waals surface area contributed by atoms with Gasteiger partial charge in [-0.1, -0.05) is 6.92 Å². The zero-order chi connectivity index (χ0) is 9.09. The number of piperidine rings is 1. The number of hydrogen-bond acceptors (Lipinski definition) is 2. The number of fused-ring (bicyclic) bond motifs is 1. The van der Waals surface area contributed by atoms with E-state index in [1.165, 1.54) is 0 Å². The summed E-state index contributed by atoms with van der Waals surface area (Å²) < 4.78 is 0. The molecule has 1 N–H and O–H groups in total. The van der Waals surface area contributed by atoms with E-state index in [0.29, 0.717) is 0 Å². The second-order valence-electron chi connectivity index (χ2n) is 3.63. The molecular formula is C8H10ClNO2. The van der Waals surface area contributed by atoms with Crippen molar-refractivity contribution in [3.05, 3.63) is 0 Å². The summed E-state index contributed by atoms with van der Waals surface area (Å²) in [6, 6.07) is 0. The van der Waals surface area contributed by atoms with E-state index in [1.54, 1.807) is 6.92 Å². The Morgan fingerprint density at radius 1 is 1.58 bits per heavy atom. The summed E-state index contributed by atoms with van der Waals surface area (Å²) in [6.07, 6.45) is 0. The molecule has 0 aromatic rings. The molecule has 2 rings (SSSR count). The van der Waals surface area contributed by atoms with E-state index in [0.717, 1.165) is 0 Å². The summed E-state index contributed by atoms with van der Waals surface area (Å²) in [7, 11) is 0. The number of carbonyl (C=O) groups excluding carboxylic acids is 2. The predicted octanol–water partition coefficient (Wildman–Crippen LogP) is 0.522. The Hall–Kier alpha value is -0.570. The van der Waals surface area contributed by atoms with Crippen molar-refractivity contribution in [2.24, 2.45) is 17.3 Å². The van der Waals surface area contributed by atoms with Crippen LogP contribution in [0.5, 0.6) is 0 Å². The molecule has 4 atom stereocenters. The lowest BCUT2D eigenvalue weighted by atomic mass is 9.99. The number of nitrogens with one attached hydrogen (secondary N) is 1. The van der Waals surface area contributed by atoms with Gasteiger partial charge in [-0.15, -0.1) is 11.6 Å². The van der Waals surface area contributed by atoms with Gasteiger partial charge >= 0.3 is 0 Å². The first-order valence-electron chi connectivity index (χ1n) is 4.02. The van der Waals surface area contributed by atoms with E-state index in [4.69, 9.17) is 11.6 Å². The van der Waals surface area contributed by atoms with Gasteiger partial charge in [0.05, 0.1) is 11.3 Å². The third-order valence-corrected chi connectivity index (χ3v) is 3.59. The molecule has 0 radical (unpaired) electrons. The van der Waals surface area contributed by atoms with Gasteiger partial charge in [-0.25, -0.2) is 0 Å². The maximum Gasteiger partial charge on any atom is 0.235 e. The molecule has 4 heteroatoms. The van der Waals surface area contributed by atoms with Crippen LogP contribution in [0.2, 0.25) is 0 Å². The van der Waals surface area contributed by atoms with E-state index >= 15 is 0 Å². The van der Waals surface area contributed by atoms with Crippen molar-refractivity contribution in [1.82, 2.24) is 5.32 Å². The lowest BCUT2D eigenvalue weighted by Crippen LogP contribution is -2.34. The Morgan fingerprint density at radius 2 is 2.17 bits per heavy atom. The average Bonchev–Trinajstić information content (AvgIpc) is 2.46. The Balaban J connectivity index is 2.39. The SMILES string of the molecule is CC(Cl)C12C(=O)NC(=O)C1C2C. The first kappa shape index (κ1) is 8.05. The van der Waals surface area contributed by atoms with Crippen molar-refractivity contribution < 1.29 is 9.59 Å². The molecule has 2 aliphatic rings. The van der Waals surface area contributed by atoms with Gasteiger partial charge < -0.3 is 0 Å². The van der Waals surface area contributed by atoms with E-state index in [1.807, 2.05) is 6.92 Å². The van der Waals surface area contributed by atoms with Crippen LogP contribution in [0.15, 0.2) is 0 Å². The molecule has 0 aromatic carbocycles. The molecule has 66 valence electrons. The number of alkyl halides is 1. The molecule has 1 heterocycles. The van der Waals surface area contributed by atoms with Crippen molar-refractivity contribution in [3.8, 4) is 0 Å². The minimum absolute atomic E-state index is 0.117. The Labute approximate surface area is 75.5 Å². The van der Waals surface area contributed by atoms with Gasteiger partial charge in [-0.2, -0.15) is 0 Å². The predicted molar refractivity (Wildman–Crippen MR) is 43.6 cm³/mol. The average molecular weight is 188 g/mol. The van der Waals surface area contributed by atoms with Crippen LogP contribution in [0.3, 0.4) is 0 Å². The Bertz CT molecular complexity index is 276. The van der Waals surface area contributed by atoms with Crippen molar-refractivity contribution in [2.75, 3.05) is 0 Å². The van der Waals surface area contributed by atoms with E-state index in [2.05, 4.69) is 5.32 Å². The Morgan fingerprint density at radius 3 is 2.42 bits per heavy atom. The molecule has 0 spiro atoms. The molecule has 2 amide bonds. The second kappa shape index (κ2) is 2.02. The highest BCUT2D eigenvalue weighted by Crippen LogP contribution is 2.65. The molecule has 1 aliphatic heterocycles. The van der Waals surface area contributed by atoms with Crippen LogP contribution in [-0.4, -0.2) is 17.2 Å². The highest BCUT2D eigenvalue weighted by Gasteiger charge is 2.76. The number of hydrogen-bond donors (Lipinski definition) is 1. The van der Waals surface area contributed by atoms with E-state index < -0.39 is 5.41 Å². The van der Waals surface area contributed by atoms with Crippen LogP contribution < -0.4 is 5.32 Å². The summed E-state index contributed by atoms with van der Waals surface area (Å²) in [5.74, 6) is -0.392. The van der Waals surface area contributed by atoms with Crippen LogP contribution in [-0.2, 0) is 9.59 Å². The lowest BCUT2D eigenvalue weighted by molar-refractivity contribution is -0.129. The van der Waals surface area contributed by atoms with Crippen molar-refractivity contribution in [2.45, 2.75) is 19.2 Å². The van der Waals surface area contributed by atoms with Crippen molar-refractivity contribution in [1.29, 1.82) is 0 Å². The molecule has 0 aromatic heterocycles. The summed E-state index contributed by atoms with van der Waals surface area (Å²) in [6.45, 7) is 3.68. The highest BCUT2D eigenvalue weighted by molar-refractivity contribution is 6.26. The number of carbonyl (C=O) groups is 2. The molecule has 2 fully saturated rings. The quantitative estimate of drug-likeness (QED) is 0.481. The molecule has 0 bridgehead atoms. The van der Waals surface area contributed by atoms with Gasteiger partial charge in [0.25, 0.3) is 0 Å². The zero-order valence-electron chi connectivity index (χ0n) is 6.93. The lowest BCUT2D eigenvalue weighted by Gasteiger charge is -2.13. The number of amides is 2. The highest BCUT2D eigenvalue weighted by atomic mass is 35.5. The summed E-state index contributed by atoms with van der Waals surface area (Å²) >= 11 is 5.91. The minimum atomic E-state index is -0.585. The smallest absolute Gasteiger partial charge is 0.235 e. The molecule has 1 saturated heterocycles. The van der Waals surface area contributed by atoms with E-state index in [9.17, 15) is 9.59 Å². The van der Waals surface area contributed by atoms with Gasteiger partial charge in [-0.05, 0) is 12.8 Å². The summed E-state index contributed by atoms with van der Waals surface area (Å²) in [4.78, 5) is 22.5. The second-order valence-corrected chi connectivity index (χ2v) is 4.29. The van der Waals surface area contributed by atoms with Gasteiger partial charge in [-0.3, -0.25) is 14.9 Å². The van der Waals surface area contributed by atoms with Crippen LogP contribution in [0.25, 0.3) is 0 Å². The normalized spacial score (nSPS) is 46.9. The fourth-order valence-corrected chi connectivity index (χ4v) is 2.90. The first-order chi connectivity index (χ1) is 5.52. The standard InChI is InChI=1S/C8H10ClNO2/c1-3-5-6(11)10-7(12)8(3,5)4(2)9/h3-5H,1-2H3,(H,10,11,12). The number of halogens is 1.